The number of benzene rings is 1. The fourth-order valence-corrected chi connectivity index (χ4v) is 3.15. The van der Waals surface area contributed by atoms with Gasteiger partial charge in [-0.15, -0.1) is 0 Å². The maximum atomic E-state index is 11.6. The monoisotopic (exact) mass is 275 g/mol. The van der Waals surface area contributed by atoms with Crippen molar-refractivity contribution in [2.24, 2.45) is 5.92 Å². The molecule has 110 valence electrons. The Hall–Kier alpha value is -1.51. The molecular weight excluding hydrogens is 250 g/mol. The van der Waals surface area contributed by atoms with Crippen LogP contribution in [0.2, 0.25) is 0 Å². The highest BCUT2D eigenvalue weighted by molar-refractivity contribution is 5.76. The van der Waals surface area contributed by atoms with Gasteiger partial charge in [-0.05, 0) is 37.8 Å². The van der Waals surface area contributed by atoms with E-state index in [0.717, 1.165) is 11.4 Å². The van der Waals surface area contributed by atoms with Crippen molar-refractivity contribution in [2.45, 2.75) is 51.5 Å². The van der Waals surface area contributed by atoms with E-state index in [9.17, 15) is 4.79 Å². The highest BCUT2D eigenvalue weighted by Crippen LogP contribution is 2.32. The quantitative estimate of drug-likeness (QED) is 0.851. The van der Waals surface area contributed by atoms with Crippen molar-refractivity contribution in [2.75, 3.05) is 12.4 Å². The van der Waals surface area contributed by atoms with Crippen LogP contribution in [-0.4, -0.2) is 18.9 Å². The summed E-state index contributed by atoms with van der Waals surface area (Å²) in [5.74, 6) is 1.69. The number of carbonyl (C=O) groups is 1. The molecule has 1 aliphatic carbocycles. The molecule has 0 heterocycles. The van der Waals surface area contributed by atoms with Gasteiger partial charge in [-0.25, -0.2) is 0 Å². The molecule has 1 saturated carbocycles. The Balaban J connectivity index is 2.11. The molecule has 1 aromatic rings. The standard InChI is InChI=1S/C17H25NO2/c1-13(19)12-16(14-8-4-3-5-9-14)18-15-10-6-7-11-17(15)20-2/h6-7,10-11,14,16,18H,3-5,8-9,12H2,1-2H3. The van der Waals surface area contributed by atoms with E-state index < -0.39 is 0 Å². The third-order valence-electron chi connectivity index (χ3n) is 4.17. The summed E-state index contributed by atoms with van der Waals surface area (Å²) in [5, 5.41) is 3.55. The van der Waals surface area contributed by atoms with Gasteiger partial charge in [0, 0.05) is 12.5 Å². The minimum Gasteiger partial charge on any atom is -0.495 e. The summed E-state index contributed by atoms with van der Waals surface area (Å²) in [7, 11) is 1.68. The summed E-state index contributed by atoms with van der Waals surface area (Å²) in [6, 6.07) is 8.16. The lowest BCUT2D eigenvalue weighted by Gasteiger charge is -2.31. The predicted molar refractivity (Wildman–Crippen MR) is 82.3 cm³/mol. The Kier molecular flexibility index (Phi) is 5.45. The molecule has 1 aromatic carbocycles. The number of methoxy groups -OCH3 is 1. The molecule has 1 atom stereocenters. The second-order valence-electron chi connectivity index (χ2n) is 5.76. The lowest BCUT2D eigenvalue weighted by molar-refractivity contribution is -0.117. The Labute approximate surface area is 121 Å². The van der Waals surface area contributed by atoms with Gasteiger partial charge in [-0.2, -0.15) is 0 Å². The average Bonchev–Trinajstić information content (AvgIpc) is 2.47. The SMILES string of the molecule is COc1ccccc1NC(CC(C)=O)C1CCCCC1. The topological polar surface area (TPSA) is 38.3 Å². The van der Waals surface area contributed by atoms with Crippen molar-refractivity contribution < 1.29 is 9.53 Å². The van der Waals surface area contributed by atoms with E-state index >= 15 is 0 Å². The van der Waals surface area contributed by atoms with E-state index in [1.165, 1.54) is 32.1 Å². The summed E-state index contributed by atoms with van der Waals surface area (Å²) in [6.07, 6.45) is 6.94. The highest BCUT2D eigenvalue weighted by atomic mass is 16.5. The predicted octanol–water partition coefficient (Wildman–Crippen LogP) is 4.04. The lowest BCUT2D eigenvalue weighted by atomic mass is 9.82. The number of rotatable bonds is 6. The molecule has 0 bridgehead atoms. The van der Waals surface area contributed by atoms with Crippen LogP contribution >= 0.6 is 0 Å². The number of carbonyl (C=O) groups excluding carboxylic acids is 1. The van der Waals surface area contributed by atoms with Crippen LogP contribution in [0.1, 0.15) is 45.4 Å². The number of anilines is 1. The van der Waals surface area contributed by atoms with Gasteiger partial charge in [0.05, 0.1) is 12.8 Å². The summed E-state index contributed by atoms with van der Waals surface area (Å²) >= 11 is 0. The minimum absolute atomic E-state index is 0.226. The van der Waals surface area contributed by atoms with E-state index in [4.69, 9.17) is 4.74 Å². The zero-order chi connectivity index (χ0) is 14.4. The molecule has 0 aromatic heterocycles. The third kappa shape index (κ3) is 3.99. The molecular formula is C17H25NO2. The lowest BCUT2D eigenvalue weighted by Crippen LogP contribution is -2.32. The second-order valence-corrected chi connectivity index (χ2v) is 5.76. The van der Waals surface area contributed by atoms with Crippen LogP contribution < -0.4 is 10.1 Å². The summed E-state index contributed by atoms with van der Waals surface area (Å²) < 4.78 is 5.39. The van der Waals surface area contributed by atoms with Gasteiger partial charge < -0.3 is 10.1 Å². The van der Waals surface area contributed by atoms with E-state index in [1.807, 2.05) is 24.3 Å². The van der Waals surface area contributed by atoms with E-state index in [-0.39, 0.29) is 11.8 Å². The molecule has 1 aliphatic rings. The molecule has 1 unspecified atom stereocenters. The zero-order valence-corrected chi connectivity index (χ0v) is 12.5. The smallest absolute Gasteiger partial charge is 0.141 e. The Morgan fingerprint density at radius 1 is 1.30 bits per heavy atom. The van der Waals surface area contributed by atoms with Gasteiger partial charge in [0.15, 0.2) is 0 Å². The average molecular weight is 275 g/mol. The van der Waals surface area contributed by atoms with Crippen LogP contribution in [-0.2, 0) is 4.79 Å². The molecule has 0 spiro atoms. The third-order valence-corrected chi connectivity index (χ3v) is 4.17. The Morgan fingerprint density at radius 2 is 2.00 bits per heavy atom. The number of Topliss-reactive ketones (excluding diaryl/α,β-unsaturated/α-hetero) is 1. The largest absolute Gasteiger partial charge is 0.495 e. The minimum atomic E-state index is 0.226. The van der Waals surface area contributed by atoms with E-state index in [2.05, 4.69) is 5.32 Å². The van der Waals surface area contributed by atoms with Crippen molar-refractivity contribution >= 4 is 11.5 Å². The van der Waals surface area contributed by atoms with Crippen molar-refractivity contribution in [3.05, 3.63) is 24.3 Å². The first-order valence-electron chi connectivity index (χ1n) is 7.59. The molecule has 3 heteroatoms. The first-order valence-corrected chi connectivity index (χ1v) is 7.59. The van der Waals surface area contributed by atoms with Gasteiger partial charge >= 0.3 is 0 Å². The maximum Gasteiger partial charge on any atom is 0.141 e. The van der Waals surface area contributed by atoms with Crippen LogP contribution in [0.25, 0.3) is 0 Å². The zero-order valence-electron chi connectivity index (χ0n) is 12.5. The molecule has 1 fully saturated rings. The molecule has 2 rings (SSSR count). The Morgan fingerprint density at radius 3 is 2.65 bits per heavy atom. The van der Waals surface area contributed by atoms with Gasteiger partial charge in [-0.3, -0.25) is 4.79 Å². The van der Waals surface area contributed by atoms with E-state index in [1.54, 1.807) is 14.0 Å². The molecule has 0 aliphatic heterocycles. The van der Waals surface area contributed by atoms with Crippen molar-refractivity contribution in [3.8, 4) is 5.75 Å². The van der Waals surface area contributed by atoms with Gasteiger partial charge in [0.25, 0.3) is 0 Å². The maximum absolute atomic E-state index is 11.6. The molecule has 0 saturated heterocycles. The summed E-state index contributed by atoms with van der Waals surface area (Å²) in [4.78, 5) is 11.6. The summed E-state index contributed by atoms with van der Waals surface area (Å²) in [6.45, 7) is 1.68. The van der Waals surface area contributed by atoms with Crippen LogP contribution in [0.4, 0.5) is 5.69 Å². The van der Waals surface area contributed by atoms with Crippen LogP contribution in [0.5, 0.6) is 5.75 Å². The first-order chi connectivity index (χ1) is 9.70. The van der Waals surface area contributed by atoms with Gasteiger partial charge in [0.1, 0.15) is 11.5 Å². The molecule has 3 nitrogen and oxygen atoms in total. The molecule has 0 amide bonds. The highest BCUT2D eigenvalue weighted by Gasteiger charge is 2.25. The van der Waals surface area contributed by atoms with Crippen LogP contribution in [0.15, 0.2) is 24.3 Å². The van der Waals surface area contributed by atoms with Crippen LogP contribution in [0.3, 0.4) is 0 Å². The number of hydrogen-bond donors (Lipinski definition) is 1. The molecule has 1 N–H and O–H groups in total. The summed E-state index contributed by atoms with van der Waals surface area (Å²) in [5.41, 5.74) is 0.992. The van der Waals surface area contributed by atoms with Crippen molar-refractivity contribution in [3.63, 3.8) is 0 Å². The van der Waals surface area contributed by atoms with Crippen LogP contribution in [0, 0.1) is 5.92 Å². The number of ether oxygens (including phenoxy) is 1. The Bertz CT molecular complexity index is 438. The number of para-hydroxylation sites is 2. The van der Waals surface area contributed by atoms with Crippen molar-refractivity contribution in [1.29, 1.82) is 0 Å². The fraction of sp³-hybridized carbons (Fsp3) is 0.588. The van der Waals surface area contributed by atoms with Gasteiger partial charge in [0.2, 0.25) is 0 Å². The normalized spacial score (nSPS) is 17.5. The first kappa shape index (κ1) is 14.9. The fourth-order valence-electron chi connectivity index (χ4n) is 3.15. The molecule has 0 radical (unpaired) electrons. The number of nitrogens with one attached hydrogen (secondary N) is 1. The van der Waals surface area contributed by atoms with E-state index in [0.29, 0.717) is 12.3 Å². The van der Waals surface area contributed by atoms with Crippen molar-refractivity contribution in [1.82, 2.24) is 0 Å². The number of ketones is 1. The van der Waals surface area contributed by atoms with Gasteiger partial charge in [-0.1, -0.05) is 31.4 Å². The second kappa shape index (κ2) is 7.32. The number of hydrogen-bond acceptors (Lipinski definition) is 3. The molecule has 20 heavy (non-hydrogen) atoms.